The number of hydrogen-bond donors (Lipinski definition) is 2. The third-order valence-corrected chi connectivity index (χ3v) is 5.15. The van der Waals surface area contributed by atoms with Crippen molar-refractivity contribution in [3.63, 3.8) is 0 Å². The van der Waals surface area contributed by atoms with Gasteiger partial charge >= 0.3 is 12.1 Å². The van der Waals surface area contributed by atoms with Crippen molar-refractivity contribution < 1.29 is 22.7 Å². The summed E-state index contributed by atoms with van der Waals surface area (Å²) in [7, 11) is 0. The number of alkyl halides is 3. The number of anilines is 1. The van der Waals surface area contributed by atoms with E-state index in [0.29, 0.717) is 12.2 Å². The predicted molar refractivity (Wildman–Crippen MR) is 130 cm³/mol. The number of carbonyl (C=O) groups is 1. The molecule has 0 saturated heterocycles. The fourth-order valence-corrected chi connectivity index (χ4v) is 3.59. The molecule has 1 aromatic heterocycles. The van der Waals surface area contributed by atoms with E-state index in [9.17, 15) is 18.0 Å². The summed E-state index contributed by atoms with van der Waals surface area (Å²) in [6.07, 6.45) is -2.97. The Morgan fingerprint density at radius 3 is 2.47 bits per heavy atom. The largest absolute Gasteiger partial charge is 0.462 e. The number of halogens is 3. The van der Waals surface area contributed by atoms with Crippen molar-refractivity contribution in [2.75, 3.05) is 11.9 Å². The Kier molecular flexibility index (Phi) is 7.72. The number of rotatable bonds is 6. The first kappa shape index (κ1) is 25.0. The van der Waals surface area contributed by atoms with Crippen LogP contribution in [-0.4, -0.2) is 28.5 Å². The number of carbonyl (C=O) groups excluding carboxylic acids is 1. The smallest absolute Gasteiger partial charge is 0.418 e. The Balaban J connectivity index is 1.71. The van der Waals surface area contributed by atoms with Crippen molar-refractivity contribution in [1.82, 2.24) is 9.99 Å². The third-order valence-electron chi connectivity index (χ3n) is 4.96. The first-order valence-corrected chi connectivity index (χ1v) is 10.8. The van der Waals surface area contributed by atoms with Crippen LogP contribution in [0, 0.1) is 13.8 Å². The van der Waals surface area contributed by atoms with Gasteiger partial charge in [-0.25, -0.2) is 4.79 Å². The molecule has 2 aromatic carbocycles. The molecule has 3 aromatic rings. The van der Waals surface area contributed by atoms with Gasteiger partial charge in [-0.05, 0) is 75.5 Å². The molecule has 0 amide bonds. The molecule has 2 N–H and O–H groups in total. The molecule has 0 aliphatic heterocycles. The average Bonchev–Trinajstić information content (AvgIpc) is 3.06. The Bertz CT molecular complexity index is 1220. The standard InChI is InChI=1S/C24H23F3N4O2S/c1-4-33-22(32)17-9-11-19(12-10-17)31-15(2)13-18(16(31)3)14-28-30-23(34)29-21-8-6-5-7-20(21)24(25,26)27/h5-14H,4H2,1-3H3,(H2,29,30,34)/b28-14-. The van der Waals surface area contributed by atoms with E-state index in [-0.39, 0.29) is 16.8 Å². The highest BCUT2D eigenvalue weighted by Gasteiger charge is 2.33. The molecule has 0 atom stereocenters. The van der Waals surface area contributed by atoms with E-state index in [4.69, 9.17) is 17.0 Å². The first-order valence-electron chi connectivity index (χ1n) is 10.3. The van der Waals surface area contributed by atoms with Crippen LogP contribution in [0.15, 0.2) is 59.7 Å². The topological polar surface area (TPSA) is 67.7 Å². The van der Waals surface area contributed by atoms with E-state index in [2.05, 4.69) is 15.8 Å². The van der Waals surface area contributed by atoms with Crippen molar-refractivity contribution in [1.29, 1.82) is 0 Å². The van der Waals surface area contributed by atoms with E-state index in [1.807, 2.05) is 36.6 Å². The summed E-state index contributed by atoms with van der Waals surface area (Å²) < 4.78 is 46.4. The van der Waals surface area contributed by atoms with Gasteiger partial charge in [0.25, 0.3) is 0 Å². The molecule has 34 heavy (non-hydrogen) atoms. The molecule has 1 heterocycles. The minimum absolute atomic E-state index is 0.0729. The molecule has 0 saturated carbocycles. The van der Waals surface area contributed by atoms with Gasteiger partial charge in [0.05, 0.1) is 29.6 Å². The quantitative estimate of drug-likeness (QED) is 0.204. The van der Waals surface area contributed by atoms with Gasteiger partial charge in [0.1, 0.15) is 0 Å². The Morgan fingerprint density at radius 2 is 1.82 bits per heavy atom. The van der Waals surface area contributed by atoms with Crippen LogP contribution in [0.3, 0.4) is 0 Å². The number of hydrazone groups is 1. The van der Waals surface area contributed by atoms with Crippen LogP contribution in [0.4, 0.5) is 18.9 Å². The Labute approximate surface area is 200 Å². The summed E-state index contributed by atoms with van der Waals surface area (Å²) in [5.41, 5.74) is 5.50. The molecule has 0 radical (unpaired) electrons. The second kappa shape index (κ2) is 10.5. The molecule has 0 unspecified atom stereocenters. The lowest BCUT2D eigenvalue weighted by Gasteiger charge is -2.14. The molecule has 178 valence electrons. The second-order valence-electron chi connectivity index (χ2n) is 7.30. The number of thiocarbonyl (C=S) groups is 1. The van der Waals surface area contributed by atoms with Crippen LogP contribution in [0.5, 0.6) is 0 Å². The van der Waals surface area contributed by atoms with Crippen LogP contribution in [0.2, 0.25) is 0 Å². The normalized spacial score (nSPS) is 11.5. The SMILES string of the molecule is CCOC(=O)c1ccc(-n2c(C)cc(/C=N\NC(=S)Nc3ccccc3C(F)(F)F)c2C)cc1. The zero-order chi connectivity index (χ0) is 24.9. The fraction of sp³-hybridized carbons (Fsp3) is 0.208. The highest BCUT2D eigenvalue weighted by atomic mass is 32.1. The molecule has 10 heteroatoms. The predicted octanol–water partition coefficient (Wildman–Crippen LogP) is 5.61. The van der Waals surface area contributed by atoms with E-state index in [0.717, 1.165) is 28.7 Å². The lowest BCUT2D eigenvalue weighted by Crippen LogP contribution is -2.25. The average molecular weight is 489 g/mol. The first-order chi connectivity index (χ1) is 16.1. The van der Waals surface area contributed by atoms with Gasteiger partial charge in [-0.3, -0.25) is 5.43 Å². The van der Waals surface area contributed by atoms with E-state index in [1.165, 1.54) is 24.4 Å². The van der Waals surface area contributed by atoms with Crippen molar-refractivity contribution >= 4 is 35.2 Å². The highest BCUT2D eigenvalue weighted by Crippen LogP contribution is 2.34. The molecule has 0 spiro atoms. The van der Waals surface area contributed by atoms with Gasteiger partial charge in [0.15, 0.2) is 5.11 Å². The fourth-order valence-electron chi connectivity index (χ4n) is 3.43. The monoisotopic (exact) mass is 488 g/mol. The van der Waals surface area contributed by atoms with Gasteiger partial charge in [-0.2, -0.15) is 18.3 Å². The number of aromatic nitrogens is 1. The maximum Gasteiger partial charge on any atom is 0.418 e. The van der Waals surface area contributed by atoms with Gasteiger partial charge in [-0.1, -0.05) is 12.1 Å². The minimum Gasteiger partial charge on any atom is -0.462 e. The summed E-state index contributed by atoms with van der Waals surface area (Å²) in [5, 5.41) is 6.52. The maximum absolute atomic E-state index is 13.1. The van der Waals surface area contributed by atoms with Crippen LogP contribution in [0.1, 0.15) is 39.8 Å². The van der Waals surface area contributed by atoms with Crippen LogP contribution < -0.4 is 10.7 Å². The summed E-state index contributed by atoms with van der Waals surface area (Å²) in [5.74, 6) is -0.378. The summed E-state index contributed by atoms with van der Waals surface area (Å²) >= 11 is 5.08. The number of nitrogens with zero attached hydrogens (tertiary/aromatic N) is 2. The van der Waals surface area contributed by atoms with Crippen LogP contribution in [-0.2, 0) is 10.9 Å². The molecule has 0 bridgehead atoms. The lowest BCUT2D eigenvalue weighted by atomic mass is 10.2. The lowest BCUT2D eigenvalue weighted by molar-refractivity contribution is -0.136. The summed E-state index contributed by atoms with van der Waals surface area (Å²) in [4.78, 5) is 11.9. The highest BCUT2D eigenvalue weighted by molar-refractivity contribution is 7.80. The van der Waals surface area contributed by atoms with Crippen molar-refractivity contribution in [2.24, 2.45) is 5.10 Å². The molecular weight excluding hydrogens is 465 g/mol. The molecule has 0 fully saturated rings. The molecule has 6 nitrogen and oxygen atoms in total. The number of esters is 1. The Hall–Kier alpha value is -3.66. The van der Waals surface area contributed by atoms with Crippen molar-refractivity contribution in [3.8, 4) is 5.69 Å². The number of ether oxygens (including phenoxy) is 1. The minimum atomic E-state index is -4.51. The van der Waals surface area contributed by atoms with Crippen LogP contribution in [0.25, 0.3) is 5.69 Å². The van der Waals surface area contributed by atoms with Gasteiger partial charge < -0.3 is 14.6 Å². The second-order valence-corrected chi connectivity index (χ2v) is 7.70. The van der Waals surface area contributed by atoms with Gasteiger partial charge in [0.2, 0.25) is 0 Å². The van der Waals surface area contributed by atoms with Crippen LogP contribution >= 0.6 is 12.2 Å². The molecular formula is C24H23F3N4O2S. The number of nitrogens with one attached hydrogen (secondary N) is 2. The zero-order valence-electron chi connectivity index (χ0n) is 18.7. The maximum atomic E-state index is 13.1. The molecule has 3 rings (SSSR count). The summed E-state index contributed by atoms with van der Waals surface area (Å²) in [6, 6.07) is 14.0. The Morgan fingerprint density at radius 1 is 1.15 bits per heavy atom. The number of benzene rings is 2. The number of para-hydroxylation sites is 1. The van der Waals surface area contributed by atoms with Crippen molar-refractivity contribution in [3.05, 3.63) is 82.7 Å². The van der Waals surface area contributed by atoms with Gasteiger partial charge in [0, 0.05) is 22.6 Å². The third kappa shape index (κ3) is 5.82. The number of hydrogen-bond acceptors (Lipinski definition) is 4. The van der Waals surface area contributed by atoms with E-state index in [1.54, 1.807) is 19.1 Å². The van der Waals surface area contributed by atoms with Crippen molar-refractivity contribution in [2.45, 2.75) is 26.9 Å². The van der Waals surface area contributed by atoms with E-state index >= 15 is 0 Å². The molecule has 0 aliphatic rings. The van der Waals surface area contributed by atoms with Gasteiger partial charge in [-0.15, -0.1) is 0 Å². The zero-order valence-corrected chi connectivity index (χ0v) is 19.6. The summed E-state index contributed by atoms with van der Waals surface area (Å²) in [6.45, 7) is 5.89. The molecule has 0 aliphatic carbocycles. The van der Waals surface area contributed by atoms with E-state index < -0.39 is 11.7 Å². The number of aryl methyl sites for hydroxylation is 1.